The molecule has 1 heterocycles. The van der Waals surface area contributed by atoms with Crippen molar-refractivity contribution >= 4 is 26.7 Å². The number of thiazole rings is 1. The van der Waals surface area contributed by atoms with Crippen molar-refractivity contribution < 1.29 is 4.74 Å². The van der Waals surface area contributed by atoms with E-state index in [1.165, 1.54) is 22.5 Å². The lowest BCUT2D eigenvalue weighted by molar-refractivity contribution is 0.306. The number of ether oxygens (including phenoxy) is 1. The first-order valence-corrected chi connectivity index (χ1v) is 7.12. The molecule has 4 nitrogen and oxygen atoms in total. The summed E-state index contributed by atoms with van der Waals surface area (Å²) in [6.07, 6.45) is 0. The molecule has 0 aliphatic carbocycles. The Hall–Kier alpha value is -2.11. The Labute approximate surface area is 121 Å². The van der Waals surface area contributed by atoms with E-state index >= 15 is 0 Å². The minimum absolute atomic E-state index is 0.563. The summed E-state index contributed by atoms with van der Waals surface area (Å²) in [6, 6.07) is 14.2. The molecule has 0 aliphatic rings. The number of benzene rings is 2. The summed E-state index contributed by atoms with van der Waals surface area (Å²) in [4.78, 5) is 4.33. The Morgan fingerprint density at radius 2 is 2.15 bits per heavy atom. The number of hydrogen-bond donors (Lipinski definition) is 2. The van der Waals surface area contributed by atoms with Crippen LogP contribution in [0, 0.1) is 6.92 Å². The van der Waals surface area contributed by atoms with Gasteiger partial charge in [-0.3, -0.25) is 5.43 Å². The second-order valence-electron chi connectivity index (χ2n) is 4.57. The molecular formula is C15H15N3OS. The van der Waals surface area contributed by atoms with Gasteiger partial charge in [-0.05, 0) is 30.7 Å². The molecule has 0 bridgehead atoms. The standard InChI is InChI=1S/C15H15N3OS/c1-10-3-2-4-11(7-10)9-19-12-5-6-13-14(8-12)20-15(17-13)18-16/h2-8H,9,16H2,1H3,(H,17,18). The highest BCUT2D eigenvalue weighted by atomic mass is 32.1. The summed E-state index contributed by atoms with van der Waals surface area (Å²) >= 11 is 1.51. The summed E-state index contributed by atoms with van der Waals surface area (Å²) in [5.74, 6) is 6.21. The van der Waals surface area contributed by atoms with Crippen LogP contribution in [0.5, 0.6) is 5.75 Å². The van der Waals surface area contributed by atoms with E-state index in [4.69, 9.17) is 10.6 Å². The van der Waals surface area contributed by atoms with Crippen LogP contribution >= 0.6 is 11.3 Å². The van der Waals surface area contributed by atoms with Crippen LogP contribution in [0.1, 0.15) is 11.1 Å². The normalized spacial score (nSPS) is 10.7. The van der Waals surface area contributed by atoms with Crippen molar-refractivity contribution in [3.8, 4) is 5.75 Å². The summed E-state index contributed by atoms with van der Waals surface area (Å²) in [5.41, 5.74) is 5.89. The Bertz CT molecular complexity index is 739. The molecule has 0 amide bonds. The number of aromatic nitrogens is 1. The third-order valence-corrected chi connectivity index (χ3v) is 3.92. The maximum Gasteiger partial charge on any atom is 0.198 e. The molecule has 3 aromatic rings. The van der Waals surface area contributed by atoms with Gasteiger partial charge in [0.15, 0.2) is 5.13 Å². The lowest BCUT2D eigenvalue weighted by Crippen LogP contribution is -2.05. The van der Waals surface area contributed by atoms with Crippen molar-refractivity contribution in [1.82, 2.24) is 4.98 Å². The smallest absolute Gasteiger partial charge is 0.198 e. The van der Waals surface area contributed by atoms with Crippen LogP contribution in [0.3, 0.4) is 0 Å². The average molecular weight is 285 g/mol. The zero-order chi connectivity index (χ0) is 13.9. The molecule has 0 spiro atoms. The maximum absolute atomic E-state index is 5.83. The first-order chi connectivity index (χ1) is 9.74. The summed E-state index contributed by atoms with van der Waals surface area (Å²) in [6.45, 7) is 2.64. The van der Waals surface area contributed by atoms with Gasteiger partial charge in [0.2, 0.25) is 0 Å². The molecule has 1 aromatic heterocycles. The lowest BCUT2D eigenvalue weighted by atomic mass is 10.1. The van der Waals surface area contributed by atoms with Gasteiger partial charge >= 0.3 is 0 Å². The van der Waals surface area contributed by atoms with Crippen molar-refractivity contribution in [2.24, 2.45) is 5.84 Å². The van der Waals surface area contributed by atoms with Gasteiger partial charge in [-0.2, -0.15) is 0 Å². The van der Waals surface area contributed by atoms with Crippen LogP contribution < -0.4 is 16.0 Å². The van der Waals surface area contributed by atoms with Gasteiger partial charge < -0.3 is 4.74 Å². The molecule has 0 atom stereocenters. The minimum Gasteiger partial charge on any atom is -0.489 e. The van der Waals surface area contributed by atoms with Crippen molar-refractivity contribution in [3.63, 3.8) is 0 Å². The number of nitrogens with two attached hydrogens (primary N) is 1. The van der Waals surface area contributed by atoms with Crippen LogP contribution in [-0.2, 0) is 6.61 Å². The minimum atomic E-state index is 0.563. The molecule has 0 saturated carbocycles. The second kappa shape index (κ2) is 5.48. The van der Waals surface area contributed by atoms with Crippen LogP contribution in [0.4, 0.5) is 5.13 Å². The molecular weight excluding hydrogens is 270 g/mol. The molecule has 20 heavy (non-hydrogen) atoms. The van der Waals surface area contributed by atoms with Crippen LogP contribution in [0.25, 0.3) is 10.2 Å². The van der Waals surface area contributed by atoms with Crippen molar-refractivity contribution in [2.45, 2.75) is 13.5 Å². The number of aryl methyl sites for hydroxylation is 1. The van der Waals surface area contributed by atoms with E-state index in [1.54, 1.807) is 0 Å². The van der Waals surface area contributed by atoms with Crippen LogP contribution in [0.15, 0.2) is 42.5 Å². The number of hydrogen-bond acceptors (Lipinski definition) is 5. The zero-order valence-corrected chi connectivity index (χ0v) is 11.9. The van der Waals surface area contributed by atoms with E-state index in [9.17, 15) is 0 Å². The Balaban J connectivity index is 1.77. The largest absolute Gasteiger partial charge is 0.489 e. The fraction of sp³-hybridized carbons (Fsp3) is 0.133. The Kier molecular flexibility index (Phi) is 3.54. The molecule has 0 radical (unpaired) electrons. The summed E-state index contributed by atoms with van der Waals surface area (Å²) in [5, 5.41) is 0.704. The molecule has 3 N–H and O–H groups in total. The molecule has 0 unspecified atom stereocenters. The van der Waals surface area contributed by atoms with Gasteiger partial charge in [-0.1, -0.05) is 41.2 Å². The predicted octanol–water partition coefficient (Wildman–Crippen LogP) is 3.47. The number of nitrogens with zero attached hydrogens (tertiary/aromatic N) is 1. The average Bonchev–Trinajstić information content (AvgIpc) is 2.87. The maximum atomic E-state index is 5.83. The molecule has 102 valence electrons. The van der Waals surface area contributed by atoms with E-state index in [0.29, 0.717) is 11.7 Å². The number of nitrogens with one attached hydrogen (secondary N) is 1. The fourth-order valence-electron chi connectivity index (χ4n) is 2.03. The van der Waals surface area contributed by atoms with Gasteiger partial charge in [-0.15, -0.1) is 0 Å². The molecule has 0 fully saturated rings. The van der Waals surface area contributed by atoms with Gasteiger partial charge in [-0.25, -0.2) is 10.8 Å². The molecule has 2 aromatic carbocycles. The molecule has 0 saturated heterocycles. The van der Waals surface area contributed by atoms with Crippen molar-refractivity contribution in [1.29, 1.82) is 0 Å². The van der Waals surface area contributed by atoms with E-state index in [2.05, 4.69) is 35.5 Å². The highest BCUT2D eigenvalue weighted by molar-refractivity contribution is 7.22. The highest BCUT2D eigenvalue weighted by Gasteiger charge is 2.04. The third kappa shape index (κ3) is 2.74. The van der Waals surface area contributed by atoms with Gasteiger partial charge in [0, 0.05) is 0 Å². The quantitative estimate of drug-likeness (QED) is 0.569. The summed E-state index contributed by atoms with van der Waals surface area (Å²) < 4.78 is 6.88. The number of hydrazine groups is 1. The Morgan fingerprint density at radius 1 is 1.25 bits per heavy atom. The van der Waals surface area contributed by atoms with Crippen molar-refractivity contribution in [3.05, 3.63) is 53.6 Å². The van der Waals surface area contributed by atoms with Crippen LogP contribution in [0.2, 0.25) is 0 Å². The molecule has 5 heteroatoms. The van der Waals surface area contributed by atoms with Gasteiger partial charge in [0.05, 0.1) is 10.2 Å². The summed E-state index contributed by atoms with van der Waals surface area (Å²) in [7, 11) is 0. The first-order valence-electron chi connectivity index (χ1n) is 6.30. The molecule has 3 rings (SSSR count). The van der Waals surface area contributed by atoms with E-state index in [-0.39, 0.29) is 0 Å². The zero-order valence-electron chi connectivity index (χ0n) is 11.1. The number of anilines is 1. The first kappa shape index (κ1) is 12.9. The third-order valence-electron chi connectivity index (χ3n) is 2.97. The Morgan fingerprint density at radius 3 is 2.95 bits per heavy atom. The van der Waals surface area contributed by atoms with Crippen LogP contribution in [-0.4, -0.2) is 4.98 Å². The van der Waals surface area contributed by atoms with E-state index < -0.39 is 0 Å². The van der Waals surface area contributed by atoms with Gasteiger partial charge in [0.25, 0.3) is 0 Å². The van der Waals surface area contributed by atoms with E-state index in [0.717, 1.165) is 16.0 Å². The number of rotatable bonds is 4. The van der Waals surface area contributed by atoms with E-state index in [1.807, 2.05) is 24.3 Å². The number of nitrogen functional groups attached to an aromatic ring is 1. The fourth-order valence-corrected chi connectivity index (χ4v) is 2.83. The monoisotopic (exact) mass is 285 g/mol. The van der Waals surface area contributed by atoms with Crippen molar-refractivity contribution in [2.75, 3.05) is 5.43 Å². The molecule has 0 aliphatic heterocycles. The van der Waals surface area contributed by atoms with Gasteiger partial charge in [0.1, 0.15) is 12.4 Å². The highest BCUT2D eigenvalue weighted by Crippen LogP contribution is 2.29. The second-order valence-corrected chi connectivity index (χ2v) is 5.60. The SMILES string of the molecule is Cc1cccc(COc2ccc3nc(NN)sc3c2)c1. The topological polar surface area (TPSA) is 60.2 Å². The number of fused-ring (bicyclic) bond motifs is 1. The lowest BCUT2D eigenvalue weighted by Gasteiger charge is -2.06. The predicted molar refractivity (Wildman–Crippen MR) is 82.9 cm³/mol.